The van der Waals surface area contributed by atoms with Crippen molar-refractivity contribution >= 4 is 30.0 Å². The SMILES string of the molecule is FC(F)c1nnc(-c2cnc(CN(S)C3=NC=CCC=C3)s2)o1. The minimum atomic E-state index is -2.79. The van der Waals surface area contributed by atoms with Gasteiger partial charge in [-0.2, -0.15) is 8.78 Å². The Labute approximate surface area is 139 Å². The number of amidine groups is 1. The summed E-state index contributed by atoms with van der Waals surface area (Å²) in [4.78, 5) is 9.01. The number of aromatic nitrogens is 3. The fraction of sp³-hybridized carbons (Fsp3) is 0.231. The first-order valence-electron chi connectivity index (χ1n) is 6.56. The normalized spacial score (nSPS) is 14.2. The first kappa shape index (κ1) is 15.8. The topological polar surface area (TPSA) is 67.4 Å². The lowest BCUT2D eigenvalue weighted by Crippen LogP contribution is -2.18. The van der Waals surface area contributed by atoms with Crippen LogP contribution in [0.15, 0.2) is 40.0 Å². The number of nitrogens with zero attached hydrogens (tertiary/aromatic N) is 5. The predicted octanol–water partition coefficient (Wildman–Crippen LogP) is 3.65. The highest BCUT2D eigenvalue weighted by molar-refractivity contribution is 7.78. The highest BCUT2D eigenvalue weighted by Crippen LogP contribution is 2.28. The first-order chi connectivity index (χ1) is 11.1. The molecule has 1 aliphatic rings. The second-order valence-corrected chi connectivity index (χ2v) is 6.03. The molecule has 0 saturated carbocycles. The zero-order valence-corrected chi connectivity index (χ0v) is 13.3. The largest absolute Gasteiger partial charge is 0.414 e. The molecule has 10 heteroatoms. The Kier molecular flexibility index (Phi) is 4.82. The highest BCUT2D eigenvalue weighted by atomic mass is 32.1. The van der Waals surface area contributed by atoms with Gasteiger partial charge < -0.3 is 4.42 Å². The van der Waals surface area contributed by atoms with Crippen molar-refractivity contribution in [1.29, 1.82) is 0 Å². The molecule has 0 atom stereocenters. The van der Waals surface area contributed by atoms with Gasteiger partial charge >= 0.3 is 6.43 Å². The summed E-state index contributed by atoms with van der Waals surface area (Å²) < 4.78 is 31.5. The van der Waals surface area contributed by atoms with Gasteiger partial charge in [0.15, 0.2) is 0 Å². The van der Waals surface area contributed by atoms with Crippen LogP contribution in [0.1, 0.15) is 23.7 Å². The molecule has 0 spiro atoms. The molecule has 2 aromatic rings. The molecule has 120 valence electrons. The van der Waals surface area contributed by atoms with E-state index in [0.717, 1.165) is 11.4 Å². The summed E-state index contributed by atoms with van der Waals surface area (Å²) in [5.41, 5.74) is 0. The summed E-state index contributed by atoms with van der Waals surface area (Å²) in [6.45, 7) is 0.403. The zero-order valence-electron chi connectivity index (χ0n) is 11.6. The van der Waals surface area contributed by atoms with Gasteiger partial charge in [-0.05, 0) is 12.5 Å². The van der Waals surface area contributed by atoms with Crippen molar-refractivity contribution in [3.8, 4) is 10.8 Å². The van der Waals surface area contributed by atoms with Crippen molar-refractivity contribution in [3.63, 3.8) is 0 Å². The maximum atomic E-state index is 12.5. The van der Waals surface area contributed by atoms with E-state index >= 15 is 0 Å². The summed E-state index contributed by atoms with van der Waals surface area (Å²) in [7, 11) is 0. The minimum absolute atomic E-state index is 0.0319. The minimum Gasteiger partial charge on any atom is -0.414 e. The lowest BCUT2D eigenvalue weighted by molar-refractivity contribution is 0.116. The van der Waals surface area contributed by atoms with E-state index in [4.69, 9.17) is 4.42 Å². The Hall–Kier alpha value is -2.07. The summed E-state index contributed by atoms with van der Waals surface area (Å²) >= 11 is 5.66. The Balaban J connectivity index is 1.71. The van der Waals surface area contributed by atoms with Crippen molar-refractivity contribution in [2.24, 2.45) is 4.99 Å². The van der Waals surface area contributed by atoms with Crippen LogP contribution in [0, 0.1) is 0 Å². The molecule has 0 fully saturated rings. The van der Waals surface area contributed by atoms with E-state index in [2.05, 4.69) is 33.0 Å². The molecular weight excluding hydrogens is 344 g/mol. The molecule has 0 unspecified atom stereocenters. The number of alkyl halides is 2. The Bertz CT molecular complexity index is 768. The van der Waals surface area contributed by atoms with Gasteiger partial charge in [0.1, 0.15) is 15.7 Å². The summed E-state index contributed by atoms with van der Waals surface area (Å²) in [6, 6.07) is 0. The number of aliphatic imine (C=N–C) groups is 1. The molecule has 0 saturated heterocycles. The Morgan fingerprint density at radius 2 is 2.22 bits per heavy atom. The fourth-order valence-electron chi connectivity index (χ4n) is 1.75. The second kappa shape index (κ2) is 7.01. The van der Waals surface area contributed by atoms with Crippen molar-refractivity contribution in [2.75, 3.05) is 0 Å². The average molecular weight is 355 g/mol. The Morgan fingerprint density at radius 1 is 1.35 bits per heavy atom. The van der Waals surface area contributed by atoms with E-state index in [9.17, 15) is 8.78 Å². The van der Waals surface area contributed by atoms with Crippen LogP contribution in [0.5, 0.6) is 0 Å². The fourth-order valence-corrected chi connectivity index (χ4v) is 2.93. The Morgan fingerprint density at radius 3 is 3.00 bits per heavy atom. The van der Waals surface area contributed by atoms with Crippen LogP contribution in [0.4, 0.5) is 8.78 Å². The molecule has 0 radical (unpaired) electrons. The van der Waals surface area contributed by atoms with Crippen molar-refractivity contribution < 1.29 is 13.2 Å². The average Bonchev–Trinajstić information content (AvgIpc) is 3.10. The third-order valence-electron chi connectivity index (χ3n) is 2.79. The van der Waals surface area contributed by atoms with Gasteiger partial charge in [0.2, 0.25) is 0 Å². The number of allylic oxidation sites excluding steroid dienone is 2. The molecule has 0 bridgehead atoms. The van der Waals surface area contributed by atoms with Crippen LogP contribution in [0.25, 0.3) is 10.8 Å². The standard InChI is InChI=1S/C13H11F2N5OS2/c14-11(15)13-19-18-12(21-13)8-6-17-10(23-8)7-20(22)9-4-2-1-3-5-16-9/h2-6,11,22H,1,7H2. The van der Waals surface area contributed by atoms with Crippen molar-refractivity contribution in [2.45, 2.75) is 19.4 Å². The maximum absolute atomic E-state index is 12.5. The number of thiazole rings is 1. The van der Waals surface area contributed by atoms with E-state index in [1.54, 1.807) is 10.5 Å². The molecule has 1 aliphatic heterocycles. The number of thiol groups is 1. The summed E-state index contributed by atoms with van der Waals surface area (Å²) in [6.07, 6.45) is 7.04. The van der Waals surface area contributed by atoms with Crippen LogP contribution < -0.4 is 0 Å². The number of hydrogen-bond donors (Lipinski definition) is 1. The maximum Gasteiger partial charge on any atom is 0.314 e. The molecule has 0 amide bonds. The van der Waals surface area contributed by atoms with Crippen molar-refractivity contribution in [1.82, 2.24) is 19.5 Å². The van der Waals surface area contributed by atoms with Gasteiger partial charge in [-0.3, -0.25) is 4.31 Å². The van der Waals surface area contributed by atoms with Gasteiger partial charge in [0.05, 0.1) is 12.7 Å². The predicted molar refractivity (Wildman–Crippen MR) is 85.2 cm³/mol. The molecule has 0 N–H and O–H groups in total. The lowest BCUT2D eigenvalue weighted by Gasteiger charge is -2.14. The number of hydrogen-bond acceptors (Lipinski definition) is 8. The van der Waals surface area contributed by atoms with Crippen LogP contribution in [0.2, 0.25) is 0 Å². The van der Waals surface area contributed by atoms with E-state index < -0.39 is 12.3 Å². The summed E-state index contributed by atoms with van der Waals surface area (Å²) in [5.74, 6) is 0.0246. The monoisotopic (exact) mass is 355 g/mol. The molecule has 0 aromatic carbocycles. The molecular formula is C13H11F2N5OS2. The van der Waals surface area contributed by atoms with Crippen LogP contribution in [-0.2, 0) is 6.54 Å². The lowest BCUT2D eigenvalue weighted by atomic mass is 10.4. The first-order valence-corrected chi connectivity index (χ1v) is 7.77. The van der Waals surface area contributed by atoms with Gasteiger partial charge in [0.25, 0.3) is 11.8 Å². The van der Waals surface area contributed by atoms with E-state index in [1.165, 1.54) is 17.5 Å². The molecule has 2 aromatic heterocycles. The van der Waals surface area contributed by atoms with Gasteiger partial charge in [-0.15, -0.1) is 21.5 Å². The van der Waals surface area contributed by atoms with Crippen LogP contribution in [-0.4, -0.2) is 25.3 Å². The molecule has 0 aliphatic carbocycles. The van der Waals surface area contributed by atoms with Gasteiger partial charge in [-0.25, -0.2) is 9.98 Å². The molecule has 6 nitrogen and oxygen atoms in total. The van der Waals surface area contributed by atoms with E-state index in [-0.39, 0.29) is 5.89 Å². The van der Waals surface area contributed by atoms with Crippen molar-refractivity contribution in [3.05, 3.63) is 41.5 Å². The highest BCUT2D eigenvalue weighted by Gasteiger charge is 2.19. The second-order valence-electron chi connectivity index (χ2n) is 4.43. The smallest absolute Gasteiger partial charge is 0.314 e. The van der Waals surface area contributed by atoms with Crippen LogP contribution >= 0.6 is 24.2 Å². The molecule has 3 rings (SSSR count). The molecule has 3 heterocycles. The van der Waals surface area contributed by atoms with E-state index in [1.807, 2.05) is 18.2 Å². The molecule has 23 heavy (non-hydrogen) atoms. The number of rotatable bonds is 4. The number of halogens is 2. The quantitative estimate of drug-likeness (QED) is 0.848. The summed E-state index contributed by atoms with van der Waals surface area (Å²) in [5, 5.41) is 7.62. The van der Waals surface area contributed by atoms with Gasteiger partial charge in [0, 0.05) is 6.20 Å². The zero-order chi connectivity index (χ0) is 16.2. The van der Waals surface area contributed by atoms with Crippen LogP contribution in [0.3, 0.4) is 0 Å². The van der Waals surface area contributed by atoms with E-state index in [0.29, 0.717) is 17.3 Å². The van der Waals surface area contributed by atoms with Gasteiger partial charge in [-0.1, -0.05) is 25.0 Å². The third-order valence-corrected chi connectivity index (χ3v) is 4.11. The third kappa shape index (κ3) is 3.82.